The summed E-state index contributed by atoms with van der Waals surface area (Å²) in [5.41, 5.74) is 2.70. The van der Waals surface area contributed by atoms with E-state index < -0.39 is 5.91 Å². The number of nitrogens with zero attached hydrogens (tertiary/aromatic N) is 3. The zero-order valence-electron chi connectivity index (χ0n) is 16.9. The number of carbonyl (C=O) groups is 1. The van der Waals surface area contributed by atoms with E-state index in [1.54, 1.807) is 18.0 Å². The average molecular weight is 412 g/mol. The lowest BCUT2D eigenvalue weighted by atomic mass is 10.1. The number of nitrogens with one attached hydrogen (secondary N) is 1. The highest BCUT2D eigenvalue weighted by Gasteiger charge is 2.17. The second-order valence-electron chi connectivity index (χ2n) is 6.78. The van der Waals surface area contributed by atoms with E-state index in [0.29, 0.717) is 30.2 Å². The summed E-state index contributed by atoms with van der Waals surface area (Å²) >= 11 is 0. The summed E-state index contributed by atoms with van der Waals surface area (Å²) < 4.78 is 12.6. The highest BCUT2D eigenvalue weighted by Crippen LogP contribution is 2.31. The predicted molar refractivity (Wildman–Crippen MR) is 117 cm³/mol. The molecule has 4 rings (SSSR count). The SMILES string of the molecule is COCCNC(=O)C(C#N)=Cc1cn(-c2ccccc2)nc1-c1cc2ccccc2o1. The molecule has 1 amide bonds. The molecule has 0 atom stereocenters. The minimum Gasteiger partial charge on any atom is -0.454 e. The highest BCUT2D eigenvalue weighted by molar-refractivity contribution is 6.02. The Hall–Kier alpha value is -4.15. The number of hydrogen-bond donors (Lipinski definition) is 1. The summed E-state index contributed by atoms with van der Waals surface area (Å²) in [7, 11) is 1.55. The summed E-state index contributed by atoms with van der Waals surface area (Å²) in [5.74, 6) is 0.0850. The standard InChI is InChI=1S/C24H20N4O3/c1-30-12-11-26-24(29)18(15-25)13-19-16-28(20-8-3-2-4-9-20)27-23(19)22-14-17-7-5-6-10-21(17)31-22/h2-10,13-14,16H,11-12H2,1H3,(H,26,29). The first-order chi connectivity index (χ1) is 15.2. The summed E-state index contributed by atoms with van der Waals surface area (Å²) in [6.45, 7) is 0.675. The van der Waals surface area contributed by atoms with E-state index in [1.165, 1.54) is 6.08 Å². The second-order valence-corrected chi connectivity index (χ2v) is 6.78. The molecule has 0 aliphatic carbocycles. The Morgan fingerprint density at radius 3 is 2.74 bits per heavy atom. The van der Waals surface area contributed by atoms with Gasteiger partial charge in [0.2, 0.25) is 0 Å². The van der Waals surface area contributed by atoms with Crippen molar-refractivity contribution < 1.29 is 13.9 Å². The topological polar surface area (TPSA) is 93.1 Å². The maximum Gasteiger partial charge on any atom is 0.262 e. The number of aromatic nitrogens is 2. The fraction of sp³-hybridized carbons (Fsp3) is 0.125. The molecule has 0 saturated carbocycles. The van der Waals surface area contributed by atoms with Crippen molar-refractivity contribution in [3.8, 4) is 23.2 Å². The van der Waals surface area contributed by atoms with Crippen molar-refractivity contribution in [2.75, 3.05) is 20.3 Å². The number of para-hydroxylation sites is 2. The minimum atomic E-state index is -0.470. The molecule has 154 valence electrons. The van der Waals surface area contributed by atoms with Gasteiger partial charge in [-0.25, -0.2) is 4.68 Å². The third-order valence-electron chi connectivity index (χ3n) is 4.68. The van der Waals surface area contributed by atoms with Gasteiger partial charge >= 0.3 is 0 Å². The normalized spacial score (nSPS) is 11.4. The lowest BCUT2D eigenvalue weighted by Gasteiger charge is -2.02. The molecule has 0 unspecified atom stereocenters. The molecule has 2 aromatic heterocycles. The monoisotopic (exact) mass is 412 g/mol. The van der Waals surface area contributed by atoms with Crippen LogP contribution in [0.25, 0.3) is 34.2 Å². The first-order valence-corrected chi connectivity index (χ1v) is 9.72. The average Bonchev–Trinajstić information content (AvgIpc) is 3.42. The van der Waals surface area contributed by atoms with Crippen molar-refractivity contribution in [2.24, 2.45) is 0 Å². The van der Waals surface area contributed by atoms with E-state index in [9.17, 15) is 10.1 Å². The summed E-state index contributed by atoms with van der Waals surface area (Å²) in [6, 6.07) is 21.1. The molecule has 0 saturated heterocycles. The van der Waals surface area contributed by atoms with Crippen LogP contribution in [0.5, 0.6) is 0 Å². The molecule has 0 spiro atoms. The zero-order valence-corrected chi connectivity index (χ0v) is 16.9. The van der Waals surface area contributed by atoms with Crippen molar-refractivity contribution in [1.82, 2.24) is 15.1 Å². The van der Waals surface area contributed by atoms with E-state index in [4.69, 9.17) is 9.15 Å². The van der Waals surface area contributed by atoms with Crippen molar-refractivity contribution >= 4 is 23.0 Å². The Morgan fingerprint density at radius 1 is 1.23 bits per heavy atom. The van der Waals surface area contributed by atoms with Crippen LogP contribution in [-0.2, 0) is 9.53 Å². The van der Waals surface area contributed by atoms with Gasteiger partial charge in [0, 0.05) is 30.8 Å². The van der Waals surface area contributed by atoms with Crippen LogP contribution in [0.1, 0.15) is 5.56 Å². The Bertz CT molecular complexity index is 1250. The number of amides is 1. The van der Waals surface area contributed by atoms with Gasteiger partial charge < -0.3 is 14.5 Å². The number of methoxy groups -OCH3 is 1. The Kier molecular flexibility index (Phi) is 5.92. The summed E-state index contributed by atoms with van der Waals surface area (Å²) in [4.78, 5) is 12.4. The number of rotatable bonds is 7. The molecule has 7 nitrogen and oxygen atoms in total. The maximum absolute atomic E-state index is 12.4. The summed E-state index contributed by atoms with van der Waals surface area (Å²) in [5, 5.41) is 17.9. The zero-order chi connectivity index (χ0) is 21.6. The molecule has 0 radical (unpaired) electrons. The lowest BCUT2D eigenvalue weighted by molar-refractivity contribution is -0.117. The van der Waals surface area contributed by atoms with E-state index in [2.05, 4.69) is 10.4 Å². The molecule has 31 heavy (non-hydrogen) atoms. The van der Waals surface area contributed by atoms with Crippen LogP contribution >= 0.6 is 0 Å². The largest absolute Gasteiger partial charge is 0.454 e. The van der Waals surface area contributed by atoms with Gasteiger partial charge in [-0.2, -0.15) is 10.4 Å². The molecule has 2 heterocycles. The molecule has 0 aliphatic heterocycles. The molecular formula is C24H20N4O3. The lowest BCUT2D eigenvalue weighted by Crippen LogP contribution is -2.27. The van der Waals surface area contributed by atoms with Gasteiger partial charge in [0.1, 0.15) is 22.9 Å². The Balaban J connectivity index is 1.79. The van der Waals surface area contributed by atoms with Crippen molar-refractivity contribution in [1.29, 1.82) is 5.26 Å². The minimum absolute atomic E-state index is 0.0268. The van der Waals surface area contributed by atoms with Crippen LogP contribution < -0.4 is 5.32 Å². The van der Waals surface area contributed by atoms with Crippen LogP contribution in [0.2, 0.25) is 0 Å². The molecule has 1 N–H and O–H groups in total. The van der Waals surface area contributed by atoms with Crippen molar-refractivity contribution in [2.45, 2.75) is 0 Å². The fourth-order valence-corrected chi connectivity index (χ4v) is 3.16. The first-order valence-electron chi connectivity index (χ1n) is 9.72. The number of hydrogen-bond acceptors (Lipinski definition) is 5. The van der Waals surface area contributed by atoms with E-state index >= 15 is 0 Å². The number of benzene rings is 2. The van der Waals surface area contributed by atoms with Gasteiger partial charge in [0.05, 0.1) is 12.3 Å². The van der Waals surface area contributed by atoms with Crippen LogP contribution in [0.4, 0.5) is 0 Å². The highest BCUT2D eigenvalue weighted by atomic mass is 16.5. The van der Waals surface area contributed by atoms with Crippen molar-refractivity contribution in [3.63, 3.8) is 0 Å². The molecule has 7 heteroatoms. The van der Waals surface area contributed by atoms with Crippen LogP contribution in [-0.4, -0.2) is 35.9 Å². The Morgan fingerprint density at radius 2 is 2.00 bits per heavy atom. The first kappa shape index (κ1) is 20.1. The molecule has 0 fully saturated rings. The van der Waals surface area contributed by atoms with Gasteiger partial charge in [0.15, 0.2) is 5.76 Å². The smallest absolute Gasteiger partial charge is 0.262 e. The third kappa shape index (κ3) is 4.39. The number of furan rings is 1. The predicted octanol–water partition coefficient (Wildman–Crippen LogP) is 3.96. The fourth-order valence-electron chi connectivity index (χ4n) is 3.16. The molecule has 0 aliphatic rings. The number of ether oxygens (including phenoxy) is 1. The third-order valence-corrected chi connectivity index (χ3v) is 4.68. The van der Waals surface area contributed by atoms with Gasteiger partial charge in [-0.3, -0.25) is 4.79 Å². The quantitative estimate of drug-likeness (QED) is 0.282. The van der Waals surface area contributed by atoms with Crippen LogP contribution in [0.3, 0.4) is 0 Å². The Labute approximate surface area is 179 Å². The number of nitriles is 1. The van der Waals surface area contributed by atoms with Crippen LogP contribution in [0, 0.1) is 11.3 Å². The van der Waals surface area contributed by atoms with Gasteiger partial charge in [-0.15, -0.1) is 0 Å². The van der Waals surface area contributed by atoms with Gasteiger partial charge in [-0.1, -0.05) is 36.4 Å². The molecule has 2 aromatic carbocycles. The van der Waals surface area contributed by atoms with E-state index in [1.807, 2.05) is 66.7 Å². The second kappa shape index (κ2) is 9.11. The maximum atomic E-state index is 12.4. The van der Waals surface area contributed by atoms with Gasteiger partial charge in [0.25, 0.3) is 5.91 Å². The molecular weight excluding hydrogens is 392 g/mol. The van der Waals surface area contributed by atoms with Gasteiger partial charge in [-0.05, 0) is 30.3 Å². The number of carbonyl (C=O) groups excluding carboxylic acids is 1. The van der Waals surface area contributed by atoms with E-state index in [0.717, 1.165) is 16.7 Å². The molecule has 4 aromatic rings. The van der Waals surface area contributed by atoms with E-state index in [-0.39, 0.29) is 5.57 Å². The molecule has 0 bridgehead atoms. The number of fused-ring (bicyclic) bond motifs is 1. The van der Waals surface area contributed by atoms with Crippen LogP contribution in [0.15, 0.2) is 76.9 Å². The summed E-state index contributed by atoms with van der Waals surface area (Å²) in [6.07, 6.45) is 3.30. The van der Waals surface area contributed by atoms with Crippen molar-refractivity contribution in [3.05, 3.63) is 78.0 Å².